The molecule has 1 aromatic rings. The molecule has 3 heteroatoms. The van der Waals surface area contributed by atoms with Crippen LogP contribution in [-0.4, -0.2) is 9.73 Å². The molecule has 1 rings (SSSR count). The Morgan fingerprint density at radius 1 is 1.36 bits per heavy atom. The van der Waals surface area contributed by atoms with Gasteiger partial charge in [0.05, 0.1) is 5.03 Å². The monoisotopic (exact) mass is 210 g/mol. The van der Waals surface area contributed by atoms with Crippen LogP contribution in [0.3, 0.4) is 0 Å². The Morgan fingerprint density at radius 3 is 2.36 bits per heavy atom. The highest BCUT2D eigenvalue weighted by Gasteiger charge is 2.12. The van der Waals surface area contributed by atoms with Gasteiger partial charge in [0.1, 0.15) is 0 Å². The number of aromatic nitrogens is 1. The van der Waals surface area contributed by atoms with Crippen molar-refractivity contribution in [3.8, 4) is 0 Å². The van der Waals surface area contributed by atoms with Crippen LogP contribution in [0.1, 0.15) is 39.3 Å². The SMILES string of the molecule is C[C@@H](N)c1ccc(SC(C)(C)C)nc1. The van der Waals surface area contributed by atoms with Crippen LogP contribution >= 0.6 is 11.8 Å². The third kappa shape index (κ3) is 3.68. The van der Waals surface area contributed by atoms with Gasteiger partial charge in [-0.25, -0.2) is 4.98 Å². The minimum absolute atomic E-state index is 0.0659. The summed E-state index contributed by atoms with van der Waals surface area (Å²) < 4.78 is 0.211. The smallest absolute Gasteiger partial charge is 0.0965 e. The van der Waals surface area contributed by atoms with E-state index in [1.807, 2.05) is 25.3 Å². The summed E-state index contributed by atoms with van der Waals surface area (Å²) in [7, 11) is 0. The van der Waals surface area contributed by atoms with E-state index in [1.54, 1.807) is 11.8 Å². The molecule has 14 heavy (non-hydrogen) atoms. The third-order valence-corrected chi connectivity index (χ3v) is 2.76. The molecule has 2 N–H and O–H groups in total. The summed E-state index contributed by atoms with van der Waals surface area (Å²) in [6.07, 6.45) is 1.86. The number of hydrogen-bond donors (Lipinski definition) is 1. The lowest BCUT2D eigenvalue weighted by Gasteiger charge is -2.16. The number of nitrogens with two attached hydrogens (primary N) is 1. The molecule has 78 valence electrons. The first-order valence-corrected chi connectivity index (χ1v) is 5.61. The second-order valence-electron chi connectivity index (χ2n) is 4.43. The van der Waals surface area contributed by atoms with Gasteiger partial charge in [0.2, 0.25) is 0 Å². The first-order valence-electron chi connectivity index (χ1n) is 4.79. The second-order valence-corrected chi connectivity index (χ2v) is 6.28. The van der Waals surface area contributed by atoms with E-state index in [0.29, 0.717) is 0 Å². The minimum Gasteiger partial charge on any atom is -0.324 e. The molecule has 0 fully saturated rings. The lowest BCUT2D eigenvalue weighted by Crippen LogP contribution is -2.08. The normalized spacial score (nSPS) is 14.1. The van der Waals surface area contributed by atoms with Crippen molar-refractivity contribution >= 4 is 11.8 Å². The Labute approximate surface area is 90.3 Å². The molecule has 0 aliphatic rings. The summed E-state index contributed by atoms with van der Waals surface area (Å²) in [5, 5.41) is 1.06. The van der Waals surface area contributed by atoms with Crippen LogP contribution in [0, 0.1) is 0 Å². The largest absolute Gasteiger partial charge is 0.324 e. The maximum Gasteiger partial charge on any atom is 0.0965 e. The van der Waals surface area contributed by atoms with Gasteiger partial charge in [0, 0.05) is 17.0 Å². The number of hydrogen-bond acceptors (Lipinski definition) is 3. The van der Waals surface area contributed by atoms with Gasteiger partial charge < -0.3 is 5.73 Å². The van der Waals surface area contributed by atoms with E-state index in [0.717, 1.165) is 10.6 Å². The van der Waals surface area contributed by atoms with Crippen LogP contribution in [0.5, 0.6) is 0 Å². The highest BCUT2D eigenvalue weighted by atomic mass is 32.2. The number of thioether (sulfide) groups is 1. The van der Waals surface area contributed by atoms with Crippen LogP contribution in [0.4, 0.5) is 0 Å². The van der Waals surface area contributed by atoms with Gasteiger partial charge >= 0.3 is 0 Å². The van der Waals surface area contributed by atoms with Crippen molar-refractivity contribution in [2.24, 2.45) is 5.73 Å². The molecule has 0 bridgehead atoms. The van der Waals surface area contributed by atoms with Crippen LogP contribution in [0.25, 0.3) is 0 Å². The first kappa shape index (κ1) is 11.5. The maximum atomic E-state index is 5.74. The van der Waals surface area contributed by atoms with E-state index in [2.05, 4.69) is 25.8 Å². The molecule has 0 spiro atoms. The molecule has 0 saturated carbocycles. The second kappa shape index (κ2) is 4.32. The van der Waals surface area contributed by atoms with Gasteiger partial charge in [-0.1, -0.05) is 26.8 Å². The zero-order valence-corrected chi connectivity index (χ0v) is 10.1. The Morgan fingerprint density at radius 2 is 2.00 bits per heavy atom. The summed E-state index contributed by atoms with van der Waals surface area (Å²) >= 11 is 1.77. The highest BCUT2D eigenvalue weighted by Crippen LogP contribution is 2.30. The Balaban J connectivity index is 2.74. The van der Waals surface area contributed by atoms with Crippen molar-refractivity contribution in [1.82, 2.24) is 4.98 Å². The van der Waals surface area contributed by atoms with Crippen molar-refractivity contribution in [2.45, 2.75) is 43.5 Å². The molecule has 1 atom stereocenters. The van der Waals surface area contributed by atoms with Crippen LogP contribution < -0.4 is 5.73 Å². The average molecular weight is 210 g/mol. The van der Waals surface area contributed by atoms with Gasteiger partial charge in [-0.05, 0) is 18.6 Å². The fourth-order valence-corrected chi connectivity index (χ4v) is 1.90. The van der Waals surface area contributed by atoms with Crippen molar-refractivity contribution < 1.29 is 0 Å². The molecular weight excluding hydrogens is 192 g/mol. The fraction of sp³-hybridized carbons (Fsp3) is 0.545. The fourth-order valence-electron chi connectivity index (χ4n) is 1.04. The molecule has 0 amide bonds. The third-order valence-electron chi connectivity index (χ3n) is 1.70. The lowest BCUT2D eigenvalue weighted by molar-refractivity contribution is 0.792. The molecule has 0 aliphatic heterocycles. The van der Waals surface area contributed by atoms with Crippen molar-refractivity contribution in [2.75, 3.05) is 0 Å². The highest BCUT2D eigenvalue weighted by molar-refractivity contribution is 8.00. The molecular formula is C11H18N2S. The zero-order chi connectivity index (χ0) is 10.8. The number of rotatable bonds is 2. The van der Waals surface area contributed by atoms with E-state index in [1.165, 1.54) is 0 Å². The van der Waals surface area contributed by atoms with Crippen LogP contribution in [0.2, 0.25) is 0 Å². The molecule has 0 radical (unpaired) electrons. The Hall–Kier alpha value is -0.540. The lowest BCUT2D eigenvalue weighted by atomic mass is 10.2. The summed E-state index contributed by atoms with van der Waals surface area (Å²) in [6, 6.07) is 4.15. The summed E-state index contributed by atoms with van der Waals surface area (Å²) in [5.41, 5.74) is 6.83. The quantitative estimate of drug-likeness (QED) is 0.763. The molecule has 0 unspecified atom stereocenters. The summed E-state index contributed by atoms with van der Waals surface area (Å²) in [5.74, 6) is 0. The molecule has 0 saturated heterocycles. The van der Waals surface area contributed by atoms with E-state index in [9.17, 15) is 0 Å². The van der Waals surface area contributed by atoms with Gasteiger partial charge in [-0.3, -0.25) is 0 Å². The van der Waals surface area contributed by atoms with Gasteiger partial charge in [0.25, 0.3) is 0 Å². The van der Waals surface area contributed by atoms with E-state index in [4.69, 9.17) is 5.73 Å². The Bertz CT molecular complexity index is 285. The van der Waals surface area contributed by atoms with Crippen LogP contribution in [-0.2, 0) is 0 Å². The van der Waals surface area contributed by atoms with E-state index >= 15 is 0 Å². The molecule has 0 aliphatic carbocycles. The summed E-state index contributed by atoms with van der Waals surface area (Å²) in [6.45, 7) is 8.50. The molecule has 1 aromatic heterocycles. The number of nitrogens with zero attached hydrogens (tertiary/aromatic N) is 1. The molecule has 2 nitrogen and oxygen atoms in total. The van der Waals surface area contributed by atoms with Gasteiger partial charge in [0.15, 0.2) is 0 Å². The first-order chi connectivity index (χ1) is 6.38. The standard InChI is InChI=1S/C11H18N2S/c1-8(12)9-5-6-10(13-7-9)14-11(2,3)4/h5-8H,12H2,1-4H3/t8-/m1/s1. The Kier molecular flexibility index (Phi) is 3.56. The number of pyridine rings is 1. The van der Waals surface area contributed by atoms with Gasteiger partial charge in [-0.15, -0.1) is 11.8 Å². The minimum atomic E-state index is 0.0659. The molecule has 1 heterocycles. The average Bonchev–Trinajstić information content (AvgIpc) is 2.02. The van der Waals surface area contributed by atoms with Crippen molar-refractivity contribution in [1.29, 1.82) is 0 Å². The zero-order valence-electron chi connectivity index (χ0n) is 9.24. The molecule has 0 aromatic carbocycles. The van der Waals surface area contributed by atoms with Crippen molar-refractivity contribution in [3.05, 3.63) is 23.9 Å². The summed E-state index contributed by atoms with van der Waals surface area (Å²) in [4.78, 5) is 4.37. The topological polar surface area (TPSA) is 38.9 Å². The maximum absolute atomic E-state index is 5.74. The van der Waals surface area contributed by atoms with Crippen LogP contribution in [0.15, 0.2) is 23.4 Å². The van der Waals surface area contributed by atoms with Gasteiger partial charge in [-0.2, -0.15) is 0 Å². The predicted molar refractivity (Wildman–Crippen MR) is 62.4 cm³/mol. The van der Waals surface area contributed by atoms with Crippen molar-refractivity contribution in [3.63, 3.8) is 0 Å². The van der Waals surface area contributed by atoms with E-state index in [-0.39, 0.29) is 10.8 Å². The predicted octanol–water partition coefficient (Wildman–Crippen LogP) is 2.99. The van der Waals surface area contributed by atoms with E-state index < -0.39 is 0 Å².